The van der Waals surface area contributed by atoms with Gasteiger partial charge < -0.3 is 5.73 Å². The lowest BCUT2D eigenvalue weighted by Gasteiger charge is -2.07. The van der Waals surface area contributed by atoms with Gasteiger partial charge in [-0.05, 0) is 24.6 Å². The zero-order chi connectivity index (χ0) is 15.0. The molecule has 0 aliphatic rings. The molecule has 0 aliphatic heterocycles. The summed E-state index contributed by atoms with van der Waals surface area (Å²) in [5.41, 5.74) is 7.38. The molecule has 21 heavy (non-hydrogen) atoms. The third-order valence-electron chi connectivity index (χ3n) is 3.21. The fourth-order valence-electron chi connectivity index (χ4n) is 2.21. The lowest BCUT2D eigenvalue weighted by atomic mass is 10.1. The van der Waals surface area contributed by atoms with Crippen molar-refractivity contribution in [2.45, 2.75) is 13.5 Å². The SMILES string of the molecule is Cc1cc2c(=O)n(Cc3cccc(C(N)=S)c3)cnc2s1. The van der Waals surface area contributed by atoms with Crippen LogP contribution in [-0.4, -0.2) is 14.5 Å². The zero-order valence-corrected chi connectivity index (χ0v) is 13.0. The fraction of sp³-hybridized carbons (Fsp3) is 0.133. The highest BCUT2D eigenvalue weighted by molar-refractivity contribution is 7.80. The first kappa shape index (κ1) is 13.9. The van der Waals surface area contributed by atoms with Gasteiger partial charge in [0, 0.05) is 10.4 Å². The molecule has 0 radical (unpaired) electrons. The van der Waals surface area contributed by atoms with E-state index in [1.165, 1.54) is 11.3 Å². The second-order valence-corrected chi connectivity index (χ2v) is 6.49. The second-order valence-electron chi connectivity index (χ2n) is 4.82. The maximum atomic E-state index is 12.4. The van der Waals surface area contributed by atoms with Crippen molar-refractivity contribution >= 4 is 38.8 Å². The number of thiocarbonyl (C=S) groups is 1. The number of aromatic nitrogens is 2. The smallest absolute Gasteiger partial charge is 0.262 e. The molecule has 3 rings (SSSR count). The predicted molar refractivity (Wildman–Crippen MR) is 90.0 cm³/mol. The molecule has 4 nitrogen and oxygen atoms in total. The van der Waals surface area contributed by atoms with E-state index >= 15 is 0 Å². The van der Waals surface area contributed by atoms with Gasteiger partial charge in [-0.1, -0.05) is 30.4 Å². The number of benzene rings is 1. The normalized spacial score (nSPS) is 10.9. The van der Waals surface area contributed by atoms with Crippen LogP contribution in [0.5, 0.6) is 0 Å². The van der Waals surface area contributed by atoms with E-state index < -0.39 is 0 Å². The van der Waals surface area contributed by atoms with Crippen LogP contribution < -0.4 is 11.3 Å². The quantitative estimate of drug-likeness (QED) is 0.754. The van der Waals surface area contributed by atoms with E-state index in [0.717, 1.165) is 20.8 Å². The maximum absolute atomic E-state index is 12.4. The first-order valence-corrected chi connectivity index (χ1v) is 7.61. The van der Waals surface area contributed by atoms with Gasteiger partial charge in [0.05, 0.1) is 18.3 Å². The molecule has 0 unspecified atom stereocenters. The predicted octanol–water partition coefficient (Wildman–Crippen LogP) is 2.45. The summed E-state index contributed by atoms with van der Waals surface area (Å²) in [5.74, 6) is 0. The fourth-order valence-corrected chi connectivity index (χ4v) is 3.18. The minimum Gasteiger partial charge on any atom is -0.389 e. The van der Waals surface area contributed by atoms with Gasteiger partial charge in [-0.2, -0.15) is 0 Å². The van der Waals surface area contributed by atoms with E-state index in [1.54, 1.807) is 10.9 Å². The van der Waals surface area contributed by atoms with E-state index in [2.05, 4.69) is 4.98 Å². The average Bonchev–Trinajstić information content (AvgIpc) is 2.84. The van der Waals surface area contributed by atoms with E-state index in [4.69, 9.17) is 18.0 Å². The second kappa shape index (κ2) is 5.38. The molecular weight excluding hydrogens is 302 g/mol. The number of thiophene rings is 1. The van der Waals surface area contributed by atoms with E-state index in [-0.39, 0.29) is 5.56 Å². The van der Waals surface area contributed by atoms with E-state index in [9.17, 15) is 4.79 Å². The summed E-state index contributed by atoms with van der Waals surface area (Å²) >= 11 is 6.51. The van der Waals surface area contributed by atoms with Crippen molar-refractivity contribution in [2.75, 3.05) is 0 Å². The van der Waals surface area contributed by atoms with Crippen molar-refractivity contribution in [1.82, 2.24) is 9.55 Å². The molecule has 2 N–H and O–H groups in total. The van der Waals surface area contributed by atoms with Gasteiger partial charge in [0.2, 0.25) is 0 Å². The molecule has 0 fully saturated rings. The summed E-state index contributed by atoms with van der Waals surface area (Å²) in [6.07, 6.45) is 1.59. The maximum Gasteiger partial charge on any atom is 0.262 e. The Morgan fingerprint density at radius 2 is 2.24 bits per heavy atom. The van der Waals surface area contributed by atoms with Crippen molar-refractivity contribution in [1.29, 1.82) is 0 Å². The number of rotatable bonds is 3. The summed E-state index contributed by atoms with van der Waals surface area (Å²) in [7, 11) is 0. The monoisotopic (exact) mass is 315 g/mol. The van der Waals surface area contributed by atoms with Gasteiger partial charge in [-0.15, -0.1) is 11.3 Å². The topological polar surface area (TPSA) is 60.9 Å². The van der Waals surface area contributed by atoms with Crippen LogP contribution in [0.1, 0.15) is 16.0 Å². The van der Waals surface area contributed by atoms with Crippen molar-refractivity contribution in [3.8, 4) is 0 Å². The Kier molecular flexibility index (Phi) is 3.57. The number of hydrogen-bond donors (Lipinski definition) is 1. The standard InChI is InChI=1S/C15H13N3OS2/c1-9-5-12-14(21-9)17-8-18(15(12)19)7-10-3-2-4-11(6-10)13(16)20/h2-6,8H,7H2,1H3,(H2,16,20). The van der Waals surface area contributed by atoms with Gasteiger partial charge in [0.25, 0.3) is 5.56 Å². The van der Waals surface area contributed by atoms with Crippen LogP contribution in [0.3, 0.4) is 0 Å². The zero-order valence-electron chi connectivity index (χ0n) is 11.4. The van der Waals surface area contributed by atoms with Gasteiger partial charge in [-0.3, -0.25) is 9.36 Å². The minimum absolute atomic E-state index is 0.0231. The first-order valence-electron chi connectivity index (χ1n) is 6.39. The molecule has 0 atom stereocenters. The van der Waals surface area contributed by atoms with Gasteiger partial charge >= 0.3 is 0 Å². The van der Waals surface area contributed by atoms with Gasteiger partial charge in [0.15, 0.2) is 0 Å². The van der Waals surface area contributed by atoms with Crippen molar-refractivity contribution in [2.24, 2.45) is 5.73 Å². The molecule has 0 bridgehead atoms. The van der Waals surface area contributed by atoms with Crippen molar-refractivity contribution < 1.29 is 0 Å². The highest BCUT2D eigenvalue weighted by atomic mass is 32.1. The van der Waals surface area contributed by atoms with Crippen LogP contribution in [0, 0.1) is 6.92 Å². The molecular formula is C15H13N3OS2. The van der Waals surface area contributed by atoms with Crippen LogP contribution in [0.2, 0.25) is 0 Å². The molecule has 2 aromatic heterocycles. The molecule has 0 saturated carbocycles. The largest absolute Gasteiger partial charge is 0.389 e. The summed E-state index contributed by atoms with van der Waals surface area (Å²) in [6, 6.07) is 9.47. The van der Waals surface area contributed by atoms with Gasteiger partial charge in [-0.25, -0.2) is 4.98 Å². The molecule has 1 aromatic carbocycles. The van der Waals surface area contributed by atoms with Crippen LogP contribution in [0.25, 0.3) is 10.2 Å². The van der Waals surface area contributed by atoms with E-state index in [1.807, 2.05) is 37.3 Å². The highest BCUT2D eigenvalue weighted by Crippen LogP contribution is 2.19. The lowest BCUT2D eigenvalue weighted by Crippen LogP contribution is -2.20. The highest BCUT2D eigenvalue weighted by Gasteiger charge is 2.08. The Morgan fingerprint density at radius 3 is 3.00 bits per heavy atom. The molecule has 6 heteroatoms. The number of nitrogens with zero attached hydrogens (tertiary/aromatic N) is 2. The van der Waals surface area contributed by atoms with Crippen LogP contribution in [0.4, 0.5) is 0 Å². The summed E-state index contributed by atoms with van der Waals surface area (Å²) in [6.45, 7) is 2.43. The summed E-state index contributed by atoms with van der Waals surface area (Å²) < 4.78 is 1.60. The lowest BCUT2D eigenvalue weighted by molar-refractivity contribution is 0.749. The number of fused-ring (bicyclic) bond motifs is 1. The number of aryl methyl sites for hydroxylation is 1. The van der Waals surface area contributed by atoms with Crippen LogP contribution >= 0.6 is 23.6 Å². The Morgan fingerprint density at radius 1 is 1.43 bits per heavy atom. The van der Waals surface area contributed by atoms with E-state index in [0.29, 0.717) is 16.9 Å². The molecule has 0 amide bonds. The summed E-state index contributed by atoms with van der Waals surface area (Å²) in [4.78, 5) is 19.0. The van der Waals surface area contributed by atoms with Gasteiger partial charge in [0.1, 0.15) is 9.82 Å². The Labute approximate surface area is 130 Å². The first-order chi connectivity index (χ1) is 10.0. The average molecular weight is 315 g/mol. The third kappa shape index (κ3) is 2.72. The molecule has 2 heterocycles. The number of hydrogen-bond acceptors (Lipinski definition) is 4. The third-order valence-corrected chi connectivity index (χ3v) is 4.40. The molecule has 0 aliphatic carbocycles. The Balaban J connectivity index is 2.02. The molecule has 3 aromatic rings. The molecule has 106 valence electrons. The van der Waals surface area contributed by atoms with Crippen LogP contribution in [-0.2, 0) is 6.54 Å². The van der Waals surface area contributed by atoms with Crippen LogP contribution in [0.15, 0.2) is 41.5 Å². The number of nitrogens with two attached hydrogens (primary N) is 1. The molecule has 0 spiro atoms. The summed E-state index contributed by atoms with van der Waals surface area (Å²) in [5, 5.41) is 0.672. The van der Waals surface area contributed by atoms with Crippen molar-refractivity contribution in [3.63, 3.8) is 0 Å². The Bertz CT molecular complexity index is 895. The van der Waals surface area contributed by atoms with Crippen molar-refractivity contribution in [3.05, 3.63) is 63.0 Å². The minimum atomic E-state index is -0.0231. The molecule has 0 saturated heterocycles. The Hall–Kier alpha value is -2.05.